The van der Waals surface area contributed by atoms with Crippen LogP contribution in [0.1, 0.15) is 22.5 Å². The molecular weight excluding hydrogens is 413 g/mol. The molecule has 0 radical (unpaired) electrons. The first-order valence-electron chi connectivity index (χ1n) is 10.2. The topological polar surface area (TPSA) is 46.8 Å². The van der Waals surface area contributed by atoms with Gasteiger partial charge in [-0.1, -0.05) is 11.6 Å². The van der Waals surface area contributed by atoms with Gasteiger partial charge in [-0.3, -0.25) is 4.90 Å². The lowest BCUT2D eigenvalue weighted by molar-refractivity contribution is 0.242. The van der Waals surface area contributed by atoms with E-state index in [-0.39, 0.29) is 5.82 Å². The Kier molecular flexibility index (Phi) is 5.26. The predicted molar refractivity (Wildman–Crippen MR) is 119 cm³/mol. The Morgan fingerprint density at radius 3 is 2.58 bits per heavy atom. The number of benzene rings is 2. The SMILES string of the molecule is Cc1c(CN2CCc3nc(-c4ccc(Cl)cc4)ncc3C2)cnn1-c1ccc(F)cc1. The molecule has 31 heavy (non-hydrogen) atoms. The minimum absolute atomic E-state index is 0.248. The van der Waals surface area contributed by atoms with Gasteiger partial charge in [-0.05, 0) is 55.5 Å². The second-order valence-corrected chi connectivity index (χ2v) is 8.21. The van der Waals surface area contributed by atoms with Crippen LogP contribution in [-0.2, 0) is 19.5 Å². The Labute approximate surface area is 185 Å². The van der Waals surface area contributed by atoms with Gasteiger partial charge in [-0.2, -0.15) is 5.10 Å². The van der Waals surface area contributed by atoms with Crippen molar-refractivity contribution in [3.63, 3.8) is 0 Å². The van der Waals surface area contributed by atoms with Crippen LogP contribution in [0.15, 0.2) is 60.9 Å². The number of hydrogen-bond donors (Lipinski definition) is 0. The summed E-state index contributed by atoms with van der Waals surface area (Å²) in [5.41, 5.74) is 6.32. The van der Waals surface area contributed by atoms with Crippen molar-refractivity contribution in [3.05, 3.63) is 94.3 Å². The van der Waals surface area contributed by atoms with E-state index in [9.17, 15) is 4.39 Å². The standard InChI is InChI=1S/C24H21ClFN5/c1-16-18(13-28-31(16)22-8-6-21(26)7-9-22)14-30-11-10-23-19(15-30)12-27-24(29-23)17-2-4-20(25)5-3-17/h2-9,12-13H,10-11,14-15H2,1H3. The molecule has 0 aliphatic carbocycles. The lowest BCUT2D eigenvalue weighted by Gasteiger charge is -2.28. The van der Waals surface area contributed by atoms with E-state index in [0.29, 0.717) is 5.02 Å². The summed E-state index contributed by atoms with van der Waals surface area (Å²) in [6, 6.07) is 14.0. The summed E-state index contributed by atoms with van der Waals surface area (Å²) in [5, 5.41) is 5.21. The molecule has 0 fully saturated rings. The first-order chi connectivity index (χ1) is 15.1. The molecule has 0 bridgehead atoms. The minimum atomic E-state index is -0.248. The highest BCUT2D eigenvalue weighted by molar-refractivity contribution is 6.30. The van der Waals surface area contributed by atoms with Gasteiger partial charge < -0.3 is 0 Å². The molecule has 5 rings (SSSR count). The summed E-state index contributed by atoms with van der Waals surface area (Å²) in [4.78, 5) is 11.8. The van der Waals surface area contributed by atoms with Crippen molar-refractivity contribution in [1.82, 2.24) is 24.6 Å². The van der Waals surface area contributed by atoms with Gasteiger partial charge >= 0.3 is 0 Å². The molecule has 1 aliphatic rings. The molecule has 156 valence electrons. The van der Waals surface area contributed by atoms with Gasteiger partial charge in [0.15, 0.2) is 5.82 Å². The van der Waals surface area contributed by atoms with Crippen molar-refractivity contribution >= 4 is 11.6 Å². The number of halogens is 2. The van der Waals surface area contributed by atoms with Gasteiger partial charge in [-0.25, -0.2) is 19.0 Å². The largest absolute Gasteiger partial charge is 0.294 e. The maximum Gasteiger partial charge on any atom is 0.159 e. The van der Waals surface area contributed by atoms with E-state index in [2.05, 4.69) is 15.0 Å². The summed E-state index contributed by atoms with van der Waals surface area (Å²) in [6.07, 6.45) is 4.71. The quantitative estimate of drug-likeness (QED) is 0.455. The molecule has 2 aromatic carbocycles. The monoisotopic (exact) mass is 433 g/mol. The number of rotatable bonds is 4. The molecule has 0 N–H and O–H groups in total. The fourth-order valence-electron chi connectivity index (χ4n) is 3.93. The van der Waals surface area contributed by atoms with E-state index < -0.39 is 0 Å². The molecule has 7 heteroatoms. The smallest absolute Gasteiger partial charge is 0.159 e. The molecule has 0 spiro atoms. The third kappa shape index (κ3) is 4.09. The minimum Gasteiger partial charge on any atom is -0.294 e. The summed E-state index contributed by atoms with van der Waals surface area (Å²) in [6.45, 7) is 4.57. The summed E-state index contributed by atoms with van der Waals surface area (Å²) < 4.78 is 15.1. The zero-order valence-electron chi connectivity index (χ0n) is 17.1. The van der Waals surface area contributed by atoms with Gasteiger partial charge in [0, 0.05) is 59.7 Å². The Morgan fingerprint density at radius 2 is 1.81 bits per heavy atom. The van der Waals surface area contributed by atoms with Crippen LogP contribution in [0.2, 0.25) is 5.02 Å². The summed E-state index contributed by atoms with van der Waals surface area (Å²) in [5.74, 6) is 0.488. The van der Waals surface area contributed by atoms with E-state index in [1.54, 1.807) is 12.1 Å². The molecule has 0 atom stereocenters. The fourth-order valence-corrected chi connectivity index (χ4v) is 4.06. The molecule has 0 unspecified atom stereocenters. The highest BCUT2D eigenvalue weighted by Crippen LogP contribution is 2.24. The Morgan fingerprint density at radius 1 is 1.03 bits per heavy atom. The molecule has 0 amide bonds. The van der Waals surface area contributed by atoms with E-state index in [4.69, 9.17) is 16.6 Å². The molecular formula is C24H21ClFN5. The molecule has 1 aliphatic heterocycles. The normalized spacial score (nSPS) is 13.9. The van der Waals surface area contributed by atoms with Gasteiger partial charge in [-0.15, -0.1) is 0 Å². The summed E-state index contributed by atoms with van der Waals surface area (Å²) in [7, 11) is 0. The molecule has 4 aromatic rings. The predicted octanol–water partition coefficient (Wildman–Crippen LogP) is 4.99. The van der Waals surface area contributed by atoms with Crippen molar-refractivity contribution in [1.29, 1.82) is 0 Å². The van der Waals surface area contributed by atoms with E-state index in [1.165, 1.54) is 12.1 Å². The van der Waals surface area contributed by atoms with Crippen LogP contribution in [-0.4, -0.2) is 31.2 Å². The first-order valence-corrected chi connectivity index (χ1v) is 10.6. The van der Waals surface area contributed by atoms with Crippen molar-refractivity contribution in [2.45, 2.75) is 26.4 Å². The maximum atomic E-state index is 13.2. The van der Waals surface area contributed by atoms with E-state index >= 15 is 0 Å². The zero-order chi connectivity index (χ0) is 21.4. The highest BCUT2D eigenvalue weighted by Gasteiger charge is 2.20. The lowest BCUT2D eigenvalue weighted by Crippen LogP contribution is -2.31. The second kappa shape index (κ2) is 8.21. The van der Waals surface area contributed by atoms with Crippen LogP contribution < -0.4 is 0 Å². The van der Waals surface area contributed by atoms with Gasteiger partial charge in [0.25, 0.3) is 0 Å². The maximum absolute atomic E-state index is 13.2. The van der Waals surface area contributed by atoms with Crippen molar-refractivity contribution in [2.24, 2.45) is 0 Å². The highest BCUT2D eigenvalue weighted by atomic mass is 35.5. The van der Waals surface area contributed by atoms with Gasteiger partial charge in [0.05, 0.1) is 17.6 Å². The van der Waals surface area contributed by atoms with Crippen molar-refractivity contribution in [2.75, 3.05) is 6.54 Å². The Hall–Kier alpha value is -3.09. The van der Waals surface area contributed by atoms with Gasteiger partial charge in [0.1, 0.15) is 5.82 Å². The molecule has 3 heterocycles. The zero-order valence-corrected chi connectivity index (χ0v) is 17.8. The Bertz CT molecular complexity index is 1220. The molecule has 5 nitrogen and oxygen atoms in total. The third-order valence-electron chi connectivity index (χ3n) is 5.69. The number of hydrogen-bond acceptors (Lipinski definition) is 4. The van der Waals surface area contributed by atoms with Crippen LogP contribution in [0.3, 0.4) is 0 Å². The fraction of sp³-hybridized carbons (Fsp3) is 0.208. The average Bonchev–Trinajstić information content (AvgIpc) is 3.14. The summed E-state index contributed by atoms with van der Waals surface area (Å²) >= 11 is 5.98. The lowest BCUT2D eigenvalue weighted by atomic mass is 10.1. The number of aromatic nitrogens is 4. The second-order valence-electron chi connectivity index (χ2n) is 7.78. The van der Waals surface area contributed by atoms with Crippen LogP contribution >= 0.6 is 11.6 Å². The Balaban J connectivity index is 1.31. The molecule has 0 saturated heterocycles. The van der Waals surface area contributed by atoms with E-state index in [1.807, 2.05) is 48.3 Å². The molecule has 0 saturated carbocycles. The average molecular weight is 434 g/mol. The molecule has 2 aromatic heterocycles. The number of nitrogens with zero attached hydrogens (tertiary/aromatic N) is 5. The first kappa shape index (κ1) is 19.8. The van der Waals surface area contributed by atoms with Crippen LogP contribution in [0, 0.1) is 12.7 Å². The van der Waals surface area contributed by atoms with E-state index in [0.717, 1.165) is 65.6 Å². The third-order valence-corrected chi connectivity index (χ3v) is 5.94. The van der Waals surface area contributed by atoms with Crippen molar-refractivity contribution < 1.29 is 4.39 Å². The van der Waals surface area contributed by atoms with Crippen LogP contribution in [0.5, 0.6) is 0 Å². The van der Waals surface area contributed by atoms with Gasteiger partial charge in [0.2, 0.25) is 0 Å². The van der Waals surface area contributed by atoms with Crippen LogP contribution in [0.4, 0.5) is 4.39 Å². The number of fused-ring (bicyclic) bond motifs is 1. The van der Waals surface area contributed by atoms with Crippen LogP contribution in [0.25, 0.3) is 17.1 Å². The van der Waals surface area contributed by atoms with Crippen molar-refractivity contribution in [3.8, 4) is 17.1 Å².